The van der Waals surface area contributed by atoms with E-state index in [0.717, 1.165) is 102 Å². The van der Waals surface area contributed by atoms with Gasteiger partial charge in [-0.2, -0.15) is 0 Å². The van der Waals surface area contributed by atoms with Crippen LogP contribution in [-0.4, -0.2) is 54.3 Å². The average molecular weight is 594 g/mol. The van der Waals surface area contributed by atoms with Crippen LogP contribution in [0.4, 0.5) is 5.00 Å². The van der Waals surface area contributed by atoms with Crippen LogP contribution in [-0.2, 0) is 22.4 Å². The summed E-state index contributed by atoms with van der Waals surface area (Å²) >= 11 is 1.57. The van der Waals surface area contributed by atoms with Gasteiger partial charge in [-0.3, -0.25) is 24.1 Å². The number of carbonyl (C=O) groups excluding carboxylic acids is 4. The van der Waals surface area contributed by atoms with Crippen LogP contribution in [0.3, 0.4) is 0 Å². The SMILES string of the molecule is O=C(CCCCCCCCCCN1C(=O)c2ccccc2C1=O)Nc1sc2c(c1C(=O)NCC1CCCO1)CCCC2. The highest BCUT2D eigenvalue weighted by Gasteiger charge is 2.34. The van der Waals surface area contributed by atoms with Crippen LogP contribution in [0.2, 0.25) is 0 Å². The molecular formula is C33H43N3O5S. The van der Waals surface area contributed by atoms with E-state index < -0.39 is 0 Å². The van der Waals surface area contributed by atoms with Crippen LogP contribution in [0.1, 0.15) is 125 Å². The van der Waals surface area contributed by atoms with Gasteiger partial charge in [-0.05, 0) is 69.1 Å². The summed E-state index contributed by atoms with van der Waals surface area (Å²) in [6.07, 6.45) is 14.7. The van der Waals surface area contributed by atoms with Gasteiger partial charge in [0.05, 0.1) is 22.8 Å². The van der Waals surface area contributed by atoms with Crippen molar-refractivity contribution < 1.29 is 23.9 Å². The third-order valence-electron chi connectivity index (χ3n) is 8.58. The molecular weight excluding hydrogens is 550 g/mol. The highest BCUT2D eigenvalue weighted by atomic mass is 32.1. The lowest BCUT2D eigenvalue weighted by Gasteiger charge is -2.15. The lowest BCUT2D eigenvalue weighted by molar-refractivity contribution is -0.116. The topological polar surface area (TPSA) is 105 Å². The third-order valence-corrected chi connectivity index (χ3v) is 9.79. The number of anilines is 1. The molecule has 1 aromatic carbocycles. The Morgan fingerprint density at radius 2 is 1.55 bits per heavy atom. The van der Waals surface area contributed by atoms with Gasteiger partial charge >= 0.3 is 0 Å². The molecule has 2 aliphatic heterocycles. The molecule has 2 N–H and O–H groups in total. The average Bonchev–Trinajstić information content (AvgIpc) is 3.71. The molecule has 3 heterocycles. The summed E-state index contributed by atoms with van der Waals surface area (Å²) in [5.41, 5.74) is 2.82. The number of aryl methyl sites for hydroxylation is 1. The second-order valence-corrected chi connectivity index (χ2v) is 12.8. The van der Waals surface area contributed by atoms with Gasteiger partial charge < -0.3 is 15.4 Å². The minimum absolute atomic E-state index is 0.0186. The number of hydrogen-bond acceptors (Lipinski definition) is 6. The number of rotatable bonds is 15. The molecule has 1 aliphatic carbocycles. The molecule has 0 bridgehead atoms. The molecule has 0 saturated carbocycles. The fourth-order valence-electron chi connectivity index (χ4n) is 6.24. The van der Waals surface area contributed by atoms with E-state index in [1.165, 1.54) is 9.78 Å². The lowest BCUT2D eigenvalue weighted by atomic mass is 9.95. The van der Waals surface area contributed by atoms with Gasteiger partial charge in [-0.1, -0.05) is 50.7 Å². The largest absolute Gasteiger partial charge is 0.376 e. The summed E-state index contributed by atoms with van der Waals surface area (Å²) < 4.78 is 5.66. The zero-order valence-corrected chi connectivity index (χ0v) is 25.3. The molecule has 8 nitrogen and oxygen atoms in total. The Hall–Kier alpha value is -3.04. The molecule has 9 heteroatoms. The fourth-order valence-corrected chi connectivity index (χ4v) is 7.54. The number of nitrogens with zero attached hydrogens (tertiary/aromatic N) is 1. The summed E-state index contributed by atoms with van der Waals surface area (Å²) in [5, 5.41) is 6.84. The van der Waals surface area contributed by atoms with Crippen molar-refractivity contribution in [1.29, 1.82) is 0 Å². The van der Waals surface area contributed by atoms with Crippen LogP contribution < -0.4 is 10.6 Å². The van der Waals surface area contributed by atoms with Crippen molar-refractivity contribution in [2.24, 2.45) is 0 Å². The van der Waals surface area contributed by atoms with Crippen molar-refractivity contribution in [2.45, 2.75) is 102 Å². The van der Waals surface area contributed by atoms with Crippen molar-refractivity contribution in [3.8, 4) is 0 Å². The van der Waals surface area contributed by atoms with Crippen LogP contribution in [0.5, 0.6) is 0 Å². The maximum atomic E-state index is 13.2. The Balaban J connectivity index is 0.958. The maximum absolute atomic E-state index is 13.2. The van der Waals surface area contributed by atoms with E-state index in [9.17, 15) is 19.2 Å². The van der Waals surface area contributed by atoms with E-state index in [2.05, 4.69) is 10.6 Å². The molecule has 4 amide bonds. The molecule has 226 valence electrons. The Bertz CT molecular complexity index is 1250. The van der Waals surface area contributed by atoms with Crippen LogP contribution in [0.25, 0.3) is 0 Å². The highest BCUT2D eigenvalue weighted by Crippen LogP contribution is 2.38. The molecule has 1 fully saturated rings. The number of ether oxygens (including phenoxy) is 1. The van der Waals surface area contributed by atoms with Gasteiger partial charge in [0, 0.05) is 31.0 Å². The summed E-state index contributed by atoms with van der Waals surface area (Å²) in [5.74, 6) is -0.460. The number of unbranched alkanes of at least 4 members (excludes halogenated alkanes) is 7. The van der Waals surface area contributed by atoms with E-state index in [4.69, 9.17) is 4.74 Å². The Kier molecular flexibility index (Phi) is 10.8. The first-order valence-electron chi connectivity index (χ1n) is 15.8. The first-order valence-corrected chi connectivity index (χ1v) is 16.6. The van der Waals surface area contributed by atoms with E-state index in [-0.39, 0.29) is 29.7 Å². The second-order valence-electron chi connectivity index (χ2n) is 11.7. The number of benzene rings is 1. The molecule has 1 atom stereocenters. The predicted molar refractivity (Wildman–Crippen MR) is 164 cm³/mol. The minimum Gasteiger partial charge on any atom is -0.376 e. The van der Waals surface area contributed by atoms with E-state index in [1.54, 1.807) is 35.6 Å². The zero-order valence-electron chi connectivity index (χ0n) is 24.5. The molecule has 0 spiro atoms. The third kappa shape index (κ3) is 7.48. The number of amides is 4. The Labute approximate surface area is 252 Å². The molecule has 1 aromatic heterocycles. The van der Waals surface area contributed by atoms with Gasteiger partial charge in [-0.25, -0.2) is 0 Å². The number of nitrogens with one attached hydrogen (secondary N) is 2. The molecule has 1 saturated heterocycles. The predicted octanol–water partition coefficient (Wildman–Crippen LogP) is 6.28. The van der Waals surface area contributed by atoms with E-state index in [1.807, 2.05) is 0 Å². The molecule has 3 aliphatic rings. The zero-order chi connectivity index (χ0) is 29.3. The summed E-state index contributed by atoms with van der Waals surface area (Å²) in [6, 6.07) is 7.03. The molecule has 0 radical (unpaired) electrons. The number of imide groups is 1. The normalized spacial score (nSPS) is 17.8. The van der Waals surface area contributed by atoms with Crippen LogP contribution in [0, 0.1) is 0 Å². The Morgan fingerprint density at radius 1 is 0.881 bits per heavy atom. The molecule has 1 unspecified atom stereocenters. The summed E-state index contributed by atoms with van der Waals surface area (Å²) in [4.78, 5) is 53.5. The summed E-state index contributed by atoms with van der Waals surface area (Å²) in [6.45, 7) is 1.76. The van der Waals surface area contributed by atoms with Gasteiger partial charge in [0.1, 0.15) is 5.00 Å². The number of fused-ring (bicyclic) bond motifs is 2. The fraction of sp³-hybridized carbons (Fsp3) is 0.576. The minimum atomic E-state index is -0.174. The standard InChI is InChI=1S/C33H43N3O5S/c37-28(35-31-29(26-17-10-11-18-27(26)42-31)30(38)34-22-23-14-13-21-41-23)19-7-5-3-1-2-4-6-12-20-36-32(39)24-15-8-9-16-25(24)33(36)40/h8-9,15-16,23H,1-7,10-14,17-22H2,(H,34,38)(H,35,37). The number of thiophene rings is 1. The van der Waals surface area contributed by atoms with E-state index in [0.29, 0.717) is 41.2 Å². The highest BCUT2D eigenvalue weighted by molar-refractivity contribution is 7.17. The van der Waals surface area contributed by atoms with Crippen molar-refractivity contribution >= 4 is 40.0 Å². The maximum Gasteiger partial charge on any atom is 0.261 e. The first-order chi connectivity index (χ1) is 20.5. The lowest BCUT2D eigenvalue weighted by Crippen LogP contribution is -2.32. The molecule has 5 rings (SSSR count). The Morgan fingerprint density at radius 3 is 2.24 bits per heavy atom. The van der Waals surface area contributed by atoms with Gasteiger partial charge in [0.25, 0.3) is 17.7 Å². The van der Waals surface area contributed by atoms with Crippen LogP contribution >= 0.6 is 11.3 Å². The van der Waals surface area contributed by atoms with Gasteiger partial charge in [0.2, 0.25) is 5.91 Å². The van der Waals surface area contributed by atoms with Crippen LogP contribution in [0.15, 0.2) is 24.3 Å². The van der Waals surface area contributed by atoms with Crippen molar-refractivity contribution in [2.75, 3.05) is 25.0 Å². The van der Waals surface area contributed by atoms with Gasteiger partial charge in [-0.15, -0.1) is 11.3 Å². The molecule has 42 heavy (non-hydrogen) atoms. The monoisotopic (exact) mass is 593 g/mol. The summed E-state index contributed by atoms with van der Waals surface area (Å²) in [7, 11) is 0. The van der Waals surface area contributed by atoms with Gasteiger partial charge in [0.15, 0.2) is 0 Å². The number of carbonyl (C=O) groups is 4. The quantitative estimate of drug-likeness (QED) is 0.187. The first kappa shape index (κ1) is 30.4. The van der Waals surface area contributed by atoms with Crippen molar-refractivity contribution in [3.63, 3.8) is 0 Å². The number of hydrogen-bond donors (Lipinski definition) is 2. The second kappa shape index (κ2) is 14.9. The van der Waals surface area contributed by atoms with E-state index >= 15 is 0 Å². The smallest absolute Gasteiger partial charge is 0.261 e. The van der Waals surface area contributed by atoms with Crippen molar-refractivity contribution in [1.82, 2.24) is 10.2 Å². The molecule has 2 aromatic rings. The van der Waals surface area contributed by atoms with Crippen molar-refractivity contribution in [3.05, 3.63) is 51.4 Å².